The van der Waals surface area contributed by atoms with Gasteiger partial charge in [0.15, 0.2) is 0 Å². The highest BCUT2D eigenvalue weighted by atomic mass is 32.1. The molecule has 0 radical (unpaired) electrons. The van der Waals surface area contributed by atoms with Gasteiger partial charge in [-0.25, -0.2) is 0 Å². The lowest BCUT2D eigenvalue weighted by Gasteiger charge is -2.68. The van der Waals surface area contributed by atoms with Crippen molar-refractivity contribution >= 4 is 23.4 Å². The molecule has 8 atom stereocenters. The van der Waals surface area contributed by atoms with Crippen molar-refractivity contribution in [3.8, 4) is 22.3 Å². The molecule has 10 rings (SSSR count). The molecule has 0 N–H and O–H groups in total. The van der Waals surface area contributed by atoms with Crippen LogP contribution in [0.1, 0.15) is 101 Å². The van der Waals surface area contributed by atoms with Gasteiger partial charge in [-0.05, 0) is 174 Å². The molecule has 0 spiro atoms. The van der Waals surface area contributed by atoms with Crippen LogP contribution >= 0.6 is 12.6 Å². The maximum Gasteiger partial charge on any atom is 0.0197 e. The van der Waals surface area contributed by atoms with E-state index in [4.69, 9.17) is 12.6 Å². The van der Waals surface area contributed by atoms with E-state index in [0.717, 1.165) is 70.0 Å². The summed E-state index contributed by atoms with van der Waals surface area (Å²) in [7, 11) is 0. The van der Waals surface area contributed by atoms with E-state index in [1.807, 2.05) is 0 Å². The van der Waals surface area contributed by atoms with E-state index in [1.165, 1.54) is 77.1 Å². The third-order valence-electron chi connectivity index (χ3n) is 15.7. The monoisotopic (exact) mass is 650 g/mol. The fourth-order valence-corrected chi connectivity index (χ4v) is 14.4. The summed E-state index contributed by atoms with van der Waals surface area (Å²) in [6.45, 7) is 2.25. The van der Waals surface area contributed by atoms with E-state index in [0.29, 0.717) is 0 Å². The minimum Gasteiger partial charge on any atom is -0.142 e. The Labute approximate surface area is 294 Å². The molecule has 8 unspecified atom stereocenters. The first kappa shape index (κ1) is 30.3. The summed E-state index contributed by atoms with van der Waals surface area (Å²) in [6.07, 6.45) is 19.9. The summed E-state index contributed by atoms with van der Waals surface area (Å²) in [5, 5.41) is 2.49. The minimum atomic E-state index is 0.729. The number of hydrogen-bond acceptors (Lipinski definition) is 1. The molecule has 0 bridgehead atoms. The van der Waals surface area contributed by atoms with Crippen molar-refractivity contribution in [2.45, 2.75) is 101 Å². The van der Waals surface area contributed by atoms with Gasteiger partial charge in [0.05, 0.1) is 0 Å². The molecular weight excluding hydrogens is 597 g/mol. The number of rotatable bonds is 3. The van der Waals surface area contributed by atoms with Gasteiger partial charge in [0, 0.05) is 4.90 Å². The SMILES string of the molecule is Cc1ccc(-c2cccc(C3CC4C5CCCCC5C5CCCC6C7CCCCC7C(C3)C4C56)c2)cc1-c1ccc2ccccc2c1S. The average molecular weight is 651 g/mol. The molecule has 0 saturated heterocycles. The molecule has 0 heterocycles. The zero-order valence-electron chi connectivity index (χ0n) is 29.0. The largest absolute Gasteiger partial charge is 0.142 e. The van der Waals surface area contributed by atoms with Gasteiger partial charge in [-0.3, -0.25) is 0 Å². The molecule has 6 saturated carbocycles. The summed E-state index contributed by atoms with van der Waals surface area (Å²) in [4.78, 5) is 1.09. The first-order chi connectivity index (χ1) is 23.6. The van der Waals surface area contributed by atoms with E-state index in [9.17, 15) is 0 Å². The Morgan fingerprint density at radius 1 is 0.500 bits per heavy atom. The molecule has 248 valence electrons. The van der Waals surface area contributed by atoms with Gasteiger partial charge in [0.1, 0.15) is 0 Å². The number of thiol groups is 1. The van der Waals surface area contributed by atoms with Crippen LogP contribution in [-0.2, 0) is 0 Å². The van der Waals surface area contributed by atoms with Gasteiger partial charge in [-0.1, -0.05) is 105 Å². The second-order valence-corrected chi connectivity index (χ2v) is 17.9. The maximum atomic E-state index is 5.08. The van der Waals surface area contributed by atoms with Crippen molar-refractivity contribution in [3.05, 3.63) is 90.0 Å². The van der Waals surface area contributed by atoms with Crippen molar-refractivity contribution in [2.24, 2.45) is 59.2 Å². The molecule has 0 amide bonds. The fourth-order valence-electron chi connectivity index (χ4n) is 14.0. The molecule has 48 heavy (non-hydrogen) atoms. The number of aryl methyl sites for hydroxylation is 1. The van der Waals surface area contributed by atoms with Crippen molar-refractivity contribution in [2.75, 3.05) is 0 Å². The Balaban J connectivity index is 1.01. The zero-order chi connectivity index (χ0) is 31.9. The van der Waals surface area contributed by atoms with Crippen LogP contribution in [0, 0.1) is 66.1 Å². The van der Waals surface area contributed by atoms with Crippen molar-refractivity contribution < 1.29 is 0 Å². The predicted molar refractivity (Wildman–Crippen MR) is 204 cm³/mol. The third kappa shape index (κ3) is 4.76. The van der Waals surface area contributed by atoms with Crippen molar-refractivity contribution in [1.82, 2.24) is 0 Å². The number of benzene rings is 4. The van der Waals surface area contributed by atoms with Crippen LogP contribution in [0.25, 0.3) is 33.0 Å². The molecule has 6 aliphatic carbocycles. The first-order valence-electron chi connectivity index (χ1n) is 20.1. The van der Waals surface area contributed by atoms with Crippen LogP contribution in [0.4, 0.5) is 0 Å². The van der Waals surface area contributed by atoms with Crippen LogP contribution in [0.3, 0.4) is 0 Å². The molecule has 4 aromatic rings. The Kier molecular flexibility index (Phi) is 7.63. The van der Waals surface area contributed by atoms with Crippen LogP contribution < -0.4 is 0 Å². The maximum absolute atomic E-state index is 5.08. The Bertz CT molecular complexity index is 1790. The molecular formula is C47H54S. The van der Waals surface area contributed by atoms with Crippen molar-refractivity contribution in [1.29, 1.82) is 0 Å². The van der Waals surface area contributed by atoms with E-state index in [2.05, 4.69) is 85.8 Å². The Morgan fingerprint density at radius 3 is 1.81 bits per heavy atom. The van der Waals surface area contributed by atoms with Gasteiger partial charge in [0.2, 0.25) is 0 Å². The normalized spacial score (nSPS) is 36.9. The van der Waals surface area contributed by atoms with Gasteiger partial charge < -0.3 is 0 Å². The fraction of sp³-hybridized carbons (Fsp3) is 0.532. The average Bonchev–Trinajstić information content (AvgIpc) is 3.15. The molecule has 0 nitrogen and oxygen atoms in total. The van der Waals surface area contributed by atoms with Crippen LogP contribution in [0.2, 0.25) is 0 Å². The summed E-state index contributed by atoms with van der Waals surface area (Å²) in [6, 6.07) is 30.2. The van der Waals surface area contributed by atoms with Gasteiger partial charge >= 0.3 is 0 Å². The Hall–Kier alpha value is -2.51. The highest BCUT2D eigenvalue weighted by molar-refractivity contribution is 7.80. The van der Waals surface area contributed by atoms with Crippen LogP contribution in [0.5, 0.6) is 0 Å². The highest BCUT2D eigenvalue weighted by Gasteiger charge is 2.63. The topological polar surface area (TPSA) is 0 Å². The second-order valence-electron chi connectivity index (χ2n) is 17.5. The predicted octanol–water partition coefficient (Wildman–Crippen LogP) is 13.2. The summed E-state index contributed by atoms with van der Waals surface area (Å²) < 4.78 is 0. The summed E-state index contributed by atoms with van der Waals surface area (Å²) >= 11 is 5.08. The minimum absolute atomic E-state index is 0.729. The number of hydrogen-bond donors (Lipinski definition) is 1. The van der Waals surface area contributed by atoms with Gasteiger partial charge in [-0.2, -0.15) is 0 Å². The number of fused-ring (bicyclic) bond motifs is 7. The Morgan fingerprint density at radius 2 is 1.10 bits per heavy atom. The van der Waals surface area contributed by atoms with E-state index < -0.39 is 0 Å². The molecule has 4 aromatic carbocycles. The van der Waals surface area contributed by atoms with Crippen LogP contribution in [-0.4, -0.2) is 0 Å². The lowest BCUT2D eigenvalue weighted by molar-refractivity contribution is -0.189. The van der Waals surface area contributed by atoms with Crippen molar-refractivity contribution in [3.63, 3.8) is 0 Å². The molecule has 6 aliphatic rings. The van der Waals surface area contributed by atoms with E-state index in [1.54, 1.807) is 50.5 Å². The van der Waals surface area contributed by atoms with Gasteiger partial charge in [-0.15, -0.1) is 12.6 Å². The van der Waals surface area contributed by atoms with Crippen LogP contribution in [0.15, 0.2) is 83.8 Å². The van der Waals surface area contributed by atoms with Gasteiger partial charge in [0.25, 0.3) is 0 Å². The standard InChI is InChI=1S/C47H54S/c1-28-20-21-32(25-42(28)41-23-22-29-10-2-3-13-34(29)47(41)48)30-11-8-12-31(24-30)33-26-43-37-16-6-4-14-35(37)39-18-9-19-40-36-15-5-7-17-38(36)44(27-33)46(43)45(39)40/h2-3,8,10-13,20-25,33,35-40,43-46,48H,4-7,9,14-19,26-27H2,1H3. The zero-order valence-corrected chi connectivity index (χ0v) is 29.9. The molecule has 0 aliphatic heterocycles. The van der Waals surface area contributed by atoms with E-state index >= 15 is 0 Å². The quantitative estimate of drug-likeness (QED) is 0.210. The summed E-state index contributed by atoms with van der Waals surface area (Å²) in [5.41, 5.74) is 8.24. The second kappa shape index (κ2) is 12.1. The smallest absolute Gasteiger partial charge is 0.0197 e. The molecule has 0 aromatic heterocycles. The lowest BCUT2D eigenvalue weighted by Crippen LogP contribution is -2.61. The first-order valence-corrected chi connectivity index (χ1v) is 20.5. The molecule has 1 heteroatoms. The lowest BCUT2D eigenvalue weighted by atomic mass is 9.37. The summed E-state index contributed by atoms with van der Waals surface area (Å²) in [5.74, 6) is 11.1. The third-order valence-corrected chi connectivity index (χ3v) is 16.2. The highest BCUT2D eigenvalue weighted by Crippen LogP contribution is 2.70. The van der Waals surface area contributed by atoms with E-state index in [-0.39, 0.29) is 0 Å². The molecule has 6 fully saturated rings.